The lowest BCUT2D eigenvalue weighted by molar-refractivity contribution is -0.178. The molecule has 1 aliphatic rings. The van der Waals surface area contributed by atoms with Crippen molar-refractivity contribution in [1.82, 2.24) is 0 Å². The van der Waals surface area contributed by atoms with Crippen molar-refractivity contribution in [3.05, 3.63) is 35.9 Å². The van der Waals surface area contributed by atoms with Gasteiger partial charge >= 0.3 is 11.9 Å². The summed E-state index contributed by atoms with van der Waals surface area (Å²) in [4.78, 5) is 23.0. The van der Waals surface area contributed by atoms with Crippen molar-refractivity contribution in [3.63, 3.8) is 0 Å². The first-order chi connectivity index (χ1) is 10.4. The topological polar surface area (TPSA) is 124 Å². The van der Waals surface area contributed by atoms with Gasteiger partial charge in [0, 0.05) is 0 Å². The van der Waals surface area contributed by atoms with E-state index in [9.17, 15) is 30.0 Å². The van der Waals surface area contributed by atoms with Crippen LogP contribution in [0, 0.1) is 0 Å². The van der Waals surface area contributed by atoms with E-state index in [0.29, 0.717) is 12.8 Å². The number of carbonyl (C=O) groups is 2. The lowest BCUT2D eigenvalue weighted by atomic mass is 9.90. The van der Waals surface area contributed by atoms with E-state index in [-0.39, 0.29) is 12.0 Å². The van der Waals surface area contributed by atoms with Gasteiger partial charge in [0.1, 0.15) is 0 Å². The van der Waals surface area contributed by atoms with E-state index >= 15 is 0 Å². The smallest absolute Gasteiger partial charge is 0.340 e. The molecule has 0 fully saturated rings. The third-order valence-electron chi connectivity index (χ3n) is 3.52. The number of phenolic OH excluding ortho intramolecular Hbond substituents is 2. The summed E-state index contributed by atoms with van der Waals surface area (Å²) in [6.45, 7) is 0. The summed E-state index contributed by atoms with van der Waals surface area (Å²) in [6, 6.07) is 3.42. The molecule has 0 aromatic heterocycles. The van der Waals surface area contributed by atoms with Crippen molar-refractivity contribution in [1.29, 1.82) is 0 Å². The Morgan fingerprint density at radius 2 is 1.91 bits per heavy atom. The quantitative estimate of drug-likeness (QED) is 0.483. The van der Waals surface area contributed by atoms with Gasteiger partial charge in [-0.1, -0.05) is 12.1 Å². The molecule has 2 atom stereocenters. The number of hydrogen-bond donors (Lipinski definition) is 4. The molecule has 0 saturated carbocycles. The van der Waals surface area contributed by atoms with E-state index in [4.69, 9.17) is 4.74 Å². The Labute approximate surface area is 126 Å². The summed E-state index contributed by atoms with van der Waals surface area (Å²) < 4.78 is 5.40. The van der Waals surface area contributed by atoms with Crippen LogP contribution in [0.1, 0.15) is 30.9 Å². The monoisotopic (exact) mass is 308 g/mol. The summed E-state index contributed by atoms with van der Waals surface area (Å²) in [5.74, 6) is -3.56. The van der Waals surface area contributed by atoms with Crippen molar-refractivity contribution in [2.45, 2.75) is 31.0 Å². The molecular weight excluding hydrogens is 292 g/mol. The van der Waals surface area contributed by atoms with Crippen molar-refractivity contribution in [2.24, 2.45) is 0 Å². The predicted molar refractivity (Wildman–Crippen MR) is 74.6 cm³/mol. The summed E-state index contributed by atoms with van der Waals surface area (Å²) in [5.41, 5.74) is -1.67. The first-order valence-corrected chi connectivity index (χ1v) is 6.69. The van der Waals surface area contributed by atoms with Gasteiger partial charge in [-0.3, -0.25) is 0 Å². The number of phenols is 2. The average molecular weight is 308 g/mol. The first kappa shape index (κ1) is 15.8. The van der Waals surface area contributed by atoms with E-state index < -0.39 is 35.1 Å². The zero-order valence-corrected chi connectivity index (χ0v) is 11.6. The molecule has 0 amide bonds. The van der Waals surface area contributed by atoms with E-state index in [1.807, 2.05) is 0 Å². The number of ether oxygens (including phenoxy) is 1. The third-order valence-corrected chi connectivity index (χ3v) is 3.52. The number of hydrogen-bond acceptors (Lipinski definition) is 5. The van der Waals surface area contributed by atoms with Gasteiger partial charge in [0.05, 0.1) is 0 Å². The lowest BCUT2D eigenvalue weighted by Crippen LogP contribution is -2.43. The highest BCUT2D eigenvalue weighted by Gasteiger charge is 2.42. The zero-order chi connectivity index (χ0) is 16.3. The van der Waals surface area contributed by atoms with Gasteiger partial charge in [-0.15, -0.1) is 0 Å². The first-order valence-electron chi connectivity index (χ1n) is 6.69. The molecule has 1 aliphatic carbocycles. The molecule has 0 aliphatic heterocycles. The number of aromatic hydroxyl groups is 2. The number of allylic oxidation sites excluding steroid dienone is 1. The molecule has 2 rings (SSSR count). The Bertz CT molecular complexity index is 622. The van der Waals surface area contributed by atoms with Gasteiger partial charge < -0.3 is 25.2 Å². The van der Waals surface area contributed by atoms with Crippen LogP contribution in [-0.2, 0) is 14.3 Å². The van der Waals surface area contributed by atoms with Crippen molar-refractivity contribution < 1.29 is 34.8 Å². The fraction of sp³-hybridized carbons (Fsp3) is 0.333. The van der Waals surface area contributed by atoms with Gasteiger partial charge in [0.25, 0.3) is 0 Å². The molecule has 0 bridgehead atoms. The predicted octanol–water partition coefficient (Wildman–Crippen LogP) is 1.80. The largest absolute Gasteiger partial charge is 0.504 e. The van der Waals surface area contributed by atoms with E-state index in [2.05, 4.69) is 0 Å². The number of carboxylic acids is 2. The minimum atomic E-state index is -1.71. The average Bonchev–Trinajstić information content (AvgIpc) is 2.48. The van der Waals surface area contributed by atoms with Crippen LogP contribution in [0.4, 0.5) is 0 Å². The van der Waals surface area contributed by atoms with Crippen LogP contribution in [0.2, 0.25) is 0 Å². The van der Waals surface area contributed by atoms with E-state index in [0.717, 1.165) is 12.1 Å². The molecule has 7 heteroatoms. The van der Waals surface area contributed by atoms with Gasteiger partial charge in [0.2, 0.25) is 0 Å². The highest BCUT2D eigenvalue weighted by Crippen LogP contribution is 2.35. The van der Waals surface area contributed by atoms with Crippen LogP contribution in [0.5, 0.6) is 11.5 Å². The standard InChI is InChI=1S/C15H16O7/c16-10-5-4-9(8-11(10)17)12(13(18)19)22-15(14(20)21)6-2-1-3-7-15/h2,4-6,8,12,16-17H,1,3,7H2,(H,18,19)(H,20,21)/t12-,15?/m1/s1. The van der Waals surface area contributed by atoms with Crippen molar-refractivity contribution in [2.75, 3.05) is 0 Å². The molecule has 0 spiro atoms. The molecule has 4 N–H and O–H groups in total. The molecule has 0 heterocycles. The molecule has 0 saturated heterocycles. The van der Waals surface area contributed by atoms with Gasteiger partial charge in [-0.05, 0) is 43.0 Å². The number of rotatable bonds is 5. The van der Waals surface area contributed by atoms with E-state index in [1.54, 1.807) is 6.08 Å². The maximum absolute atomic E-state index is 11.5. The van der Waals surface area contributed by atoms with Gasteiger partial charge in [-0.2, -0.15) is 0 Å². The lowest BCUT2D eigenvalue weighted by Gasteiger charge is -2.31. The highest BCUT2D eigenvalue weighted by atomic mass is 16.6. The molecular formula is C15H16O7. The Morgan fingerprint density at radius 3 is 2.41 bits per heavy atom. The van der Waals surface area contributed by atoms with Crippen LogP contribution >= 0.6 is 0 Å². The molecule has 0 radical (unpaired) electrons. The van der Waals surface area contributed by atoms with Crippen LogP contribution in [0.15, 0.2) is 30.4 Å². The number of aliphatic carboxylic acids is 2. The van der Waals surface area contributed by atoms with Crippen LogP contribution in [0.3, 0.4) is 0 Å². The van der Waals surface area contributed by atoms with Crippen molar-refractivity contribution in [3.8, 4) is 11.5 Å². The summed E-state index contributed by atoms with van der Waals surface area (Å²) >= 11 is 0. The van der Waals surface area contributed by atoms with Crippen molar-refractivity contribution >= 4 is 11.9 Å². The zero-order valence-electron chi connectivity index (χ0n) is 11.6. The fourth-order valence-corrected chi connectivity index (χ4v) is 2.34. The summed E-state index contributed by atoms with van der Waals surface area (Å²) in [7, 11) is 0. The van der Waals surface area contributed by atoms with Crippen LogP contribution in [-0.4, -0.2) is 38.0 Å². The van der Waals surface area contributed by atoms with E-state index in [1.165, 1.54) is 12.1 Å². The third kappa shape index (κ3) is 3.04. The van der Waals surface area contributed by atoms with Crippen LogP contribution in [0.25, 0.3) is 0 Å². The summed E-state index contributed by atoms with van der Waals surface area (Å²) in [6.07, 6.45) is 2.85. The molecule has 1 aromatic rings. The Kier molecular flexibility index (Phi) is 4.37. The Morgan fingerprint density at radius 1 is 1.18 bits per heavy atom. The highest BCUT2D eigenvalue weighted by molar-refractivity contribution is 5.82. The maximum atomic E-state index is 11.5. The minimum absolute atomic E-state index is 0.0439. The fourth-order valence-electron chi connectivity index (χ4n) is 2.34. The minimum Gasteiger partial charge on any atom is -0.504 e. The molecule has 118 valence electrons. The summed E-state index contributed by atoms with van der Waals surface area (Å²) in [5, 5.41) is 37.5. The van der Waals surface area contributed by atoms with Gasteiger partial charge in [-0.25, -0.2) is 9.59 Å². The number of benzene rings is 1. The molecule has 1 aromatic carbocycles. The SMILES string of the molecule is O=C(O)[C@H](OC1(C(=O)O)C=CCCC1)c1ccc(O)c(O)c1. The second kappa shape index (κ2) is 6.07. The van der Waals surface area contributed by atoms with Gasteiger partial charge in [0.15, 0.2) is 23.2 Å². The second-order valence-electron chi connectivity index (χ2n) is 5.07. The second-order valence-corrected chi connectivity index (χ2v) is 5.07. The Balaban J connectivity index is 2.37. The normalized spacial score (nSPS) is 22.2. The van der Waals surface area contributed by atoms with Crippen LogP contribution < -0.4 is 0 Å². The molecule has 22 heavy (non-hydrogen) atoms. The Hall–Kier alpha value is -2.54. The maximum Gasteiger partial charge on any atom is 0.340 e. The molecule has 7 nitrogen and oxygen atoms in total. The number of carboxylic acid groups (broad SMARTS) is 2. The molecule has 1 unspecified atom stereocenters.